The average Bonchev–Trinajstić information content (AvgIpc) is 2.02. The van der Waals surface area contributed by atoms with Crippen LogP contribution in [0.1, 0.15) is 0 Å². The summed E-state index contributed by atoms with van der Waals surface area (Å²) in [6.45, 7) is -0.376. The lowest BCUT2D eigenvalue weighted by molar-refractivity contribution is 0.312. The quantitative estimate of drug-likeness (QED) is 0.429. The van der Waals surface area contributed by atoms with Gasteiger partial charge in [-0.15, -0.1) is 9.42 Å². The fourth-order valence-electron chi connectivity index (χ4n) is 0.437. The van der Waals surface area contributed by atoms with Crippen LogP contribution in [0.2, 0.25) is 0 Å². The summed E-state index contributed by atoms with van der Waals surface area (Å²) < 4.78 is 46.2. The molecule has 2 atom stereocenters. The Kier molecular flexibility index (Phi) is 6.75. The first-order chi connectivity index (χ1) is 6.07. The van der Waals surface area contributed by atoms with Crippen molar-refractivity contribution in [2.24, 2.45) is 0 Å². The molecule has 0 heterocycles. The third-order valence-corrected chi connectivity index (χ3v) is 1.95. The third-order valence-electron chi connectivity index (χ3n) is 0.889. The SMILES string of the molecule is O=[P+](O)OCC=C(C=CF)S(=O)[O-]. The van der Waals surface area contributed by atoms with Crippen LogP contribution in [0.5, 0.6) is 0 Å². The Hall–Kier alpha value is -0.460. The molecule has 0 radical (unpaired) electrons. The number of halogens is 1. The molecule has 0 aliphatic rings. The van der Waals surface area contributed by atoms with Crippen LogP contribution in [-0.4, -0.2) is 20.3 Å². The lowest BCUT2D eigenvalue weighted by Crippen LogP contribution is -1.92. The molecular formula is C5H6FO5PS. The zero-order valence-electron chi connectivity index (χ0n) is 6.25. The maximum atomic E-state index is 11.5. The van der Waals surface area contributed by atoms with Crippen molar-refractivity contribution in [2.45, 2.75) is 0 Å². The zero-order chi connectivity index (χ0) is 10.3. The predicted molar refractivity (Wildman–Crippen MR) is 43.0 cm³/mol. The molecule has 1 N–H and O–H groups in total. The van der Waals surface area contributed by atoms with Crippen molar-refractivity contribution in [1.29, 1.82) is 0 Å². The average molecular weight is 228 g/mol. The summed E-state index contributed by atoms with van der Waals surface area (Å²) >= 11 is -2.59. The molecule has 0 aromatic heterocycles. The van der Waals surface area contributed by atoms with E-state index in [1.807, 2.05) is 0 Å². The largest absolute Gasteiger partial charge is 0.768 e. The first-order valence-electron chi connectivity index (χ1n) is 2.93. The van der Waals surface area contributed by atoms with Crippen molar-refractivity contribution in [3.63, 3.8) is 0 Å². The number of rotatable bonds is 5. The summed E-state index contributed by atoms with van der Waals surface area (Å²) in [6.07, 6.45) is 1.69. The van der Waals surface area contributed by atoms with Gasteiger partial charge in [-0.05, 0) is 23.2 Å². The van der Waals surface area contributed by atoms with Gasteiger partial charge in [-0.3, -0.25) is 4.21 Å². The Labute approximate surface area is 77.1 Å². The van der Waals surface area contributed by atoms with E-state index in [9.17, 15) is 17.7 Å². The highest BCUT2D eigenvalue weighted by Crippen LogP contribution is 2.14. The number of hydrogen-bond acceptors (Lipinski definition) is 4. The van der Waals surface area contributed by atoms with Crippen LogP contribution in [0, 0.1) is 0 Å². The molecule has 0 spiro atoms. The summed E-state index contributed by atoms with van der Waals surface area (Å²) in [5, 5.41) is 0. The van der Waals surface area contributed by atoms with Crippen LogP contribution in [0.25, 0.3) is 0 Å². The van der Waals surface area contributed by atoms with E-state index < -0.39 is 19.3 Å². The lowest BCUT2D eigenvalue weighted by Gasteiger charge is -2.03. The van der Waals surface area contributed by atoms with E-state index in [0.717, 1.165) is 6.08 Å². The van der Waals surface area contributed by atoms with Crippen LogP contribution in [0.15, 0.2) is 23.4 Å². The maximum Gasteiger partial charge on any atom is 0.695 e. The Balaban J connectivity index is 4.20. The van der Waals surface area contributed by atoms with Crippen molar-refractivity contribution in [2.75, 3.05) is 6.61 Å². The highest BCUT2D eigenvalue weighted by molar-refractivity contribution is 7.83. The molecule has 0 rings (SSSR count). The smallest absolute Gasteiger partial charge is 0.695 e. The summed E-state index contributed by atoms with van der Waals surface area (Å²) in [4.78, 5) is 7.80. The summed E-state index contributed by atoms with van der Waals surface area (Å²) in [5.41, 5.74) is 0. The van der Waals surface area contributed by atoms with Gasteiger partial charge in [0, 0.05) is 9.47 Å². The number of hydrogen-bond donors (Lipinski definition) is 1. The minimum absolute atomic E-state index is 0.0423. The van der Waals surface area contributed by atoms with Gasteiger partial charge in [0.05, 0.1) is 6.33 Å². The van der Waals surface area contributed by atoms with Gasteiger partial charge in [-0.1, -0.05) is 0 Å². The minimum Gasteiger partial charge on any atom is -0.768 e. The van der Waals surface area contributed by atoms with Crippen LogP contribution >= 0.6 is 8.25 Å². The van der Waals surface area contributed by atoms with Crippen LogP contribution in [-0.2, 0) is 20.2 Å². The molecule has 0 aromatic carbocycles. The summed E-state index contributed by atoms with van der Waals surface area (Å²) in [7, 11) is -2.77. The van der Waals surface area contributed by atoms with Gasteiger partial charge in [0.2, 0.25) is 0 Å². The van der Waals surface area contributed by atoms with E-state index in [1.165, 1.54) is 0 Å². The monoisotopic (exact) mass is 228 g/mol. The summed E-state index contributed by atoms with van der Waals surface area (Å²) in [5.74, 6) is 0. The minimum atomic E-state index is -2.77. The van der Waals surface area contributed by atoms with E-state index in [4.69, 9.17) is 4.89 Å². The Morgan fingerprint density at radius 3 is 2.77 bits per heavy atom. The molecule has 0 aromatic rings. The van der Waals surface area contributed by atoms with Crippen molar-refractivity contribution >= 4 is 19.3 Å². The van der Waals surface area contributed by atoms with Crippen molar-refractivity contribution in [3.05, 3.63) is 23.4 Å². The maximum absolute atomic E-state index is 11.5. The topological polar surface area (TPSA) is 86.7 Å². The molecule has 8 heteroatoms. The van der Waals surface area contributed by atoms with E-state index in [1.54, 1.807) is 0 Å². The van der Waals surface area contributed by atoms with E-state index >= 15 is 0 Å². The van der Waals surface area contributed by atoms with Gasteiger partial charge < -0.3 is 4.55 Å². The lowest BCUT2D eigenvalue weighted by atomic mass is 10.5. The molecule has 0 fully saturated rings. The predicted octanol–water partition coefficient (Wildman–Crippen LogP) is 0.899. The second-order valence-electron chi connectivity index (χ2n) is 1.67. The van der Waals surface area contributed by atoms with Gasteiger partial charge >= 0.3 is 8.25 Å². The Morgan fingerprint density at radius 1 is 1.77 bits per heavy atom. The molecule has 74 valence electrons. The van der Waals surface area contributed by atoms with E-state index in [2.05, 4.69) is 4.52 Å². The molecule has 0 aliphatic heterocycles. The summed E-state index contributed by atoms with van der Waals surface area (Å²) in [6, 6.07) is 0. The van der Waals surface area contributed by atoms with E-state index in [0.29, 0.717) is 6.08 Å². The number of allylic oxidation sites excluding steroid dienone is 1. The molecular weight excluding hydrogens is 222 g/mol. The molecule has 2 unspecified atom stereocenters. The van der Waals surface area contributed by atoms with Gasteiger partial charge in [0.25, 0.3) is 0 Å². The highest BCUT2D eigenvalue weighted by atomic mass is 32.2. The van der Waals surface area contributed by atoms with Crippen molar-refractivity contribution < 1.29 is 27.1 Å². The normalized spacial score (nSPS) is 16.2. The molecule has 13 heavy (non-hydrogen) atoms. The fourth-order valence-corrected chi connectivity index (χ4v) is 1.01. The molecule has 0 amide bonds. The van der Waals surface area contributed by atoms with Gasteiger partial charge in [0.15, 0.2) is 0 Å². The molecule has 0 saturated carbocycles. The zero-order valence-corrected chi connectivity index (χ0v) is 7.96. The molecule has 0 bridgehead atoms. The first kappa shape index (κ1) is 12.5. The highest BCUT2D eigenvalue weighted by Gasteiger charge is 2.09. The van der Waals surface area contributed by atoms with Gasteiger partial charge in [0.1, 0.15) is 6.61 Å². The first-order valence-corrected chi connectivity index (χ1v) is 5.13. The van der Waals surface area contributed by atoms with Crippen molar-refractivity contribution in [3.8, 4) is 0 Å². The standard InChI is InChI=1S/C5H6FO5PS/c6-3-1-5(13(9)10)2-4-11-12(7)8/h1-3H,4H2,(H-,7,8,9,10). The second kappa shape index (κ2) is 6.99. The Bertz CT molecular complexity index is 264. The van der Waals surface area contributed by atoms with Crippen LogP contribution < -0.4 is 0 Å². The Morgan fingerprint density at radius 2 is 2.38 bits per heavy atom. The molecule has 0 saturated heterocycles. The molecule has 0 aliphatic carbocycles. The molecule has 5 nitrogen and oxygen atoms in total. The van der Waals surface area contributed by atoms with Crippen LogP contribution in [0.4, 0.5) is 4.39 Å². The van der Waals surface area contributed by atoms with Crippen LogP contribution in [0.3, 0.4) is 0 Å². The fraction of sp³-hybridized carbons (Fsp3) is 0.200. The third kappa shape index (κ3) is 6.68. The second-order valence-corrected chi connectivity index (χ2v) is 3.34. The van der Waals surface area contributed by atoms with Crippen molar-refractivity contribution in [1.82, 2.24) is 0 Å². The van der Waals surface area contributed by atoms with Gasteiger partial charge in [-0.2, -0.15) is 0 Å². The van der Waals surface area contributed by atoms with Gasteiger partial charge in [-0.25, -0.2) is 4.39 Å². The van der Waals surface area contributed by atoms with E-state index in [-0.39, 0.29) is 17.8 Å².